The quantitative estimate of drug-likeness (QED) is 0.790. The van der Waals surface area contributed by atoms with E-state index < -0.39 is 0 Å². The molecule has 0 aromatic carbocycles. The molecule has 1 amide bonds. The van der Waals surface area contributed by atoms with Crippen LogP contribution in [-0.4, -0.2) is 31.4 Å². The lowest BCUT2D eigenvalue weighted by molar-refractivity contribution is -0.115. The van der Waals surface area contributed by atoms with Crippen LogP contribution in [0.4, 0.5) is 5.69 Å². The average Bonchev–Trinajstić information content (AvgIpc) is 2.84. The van der Waals surface area contributed by atoms with Gasteiger partial charge >= 0.3 is 0 Å². The number of pyridine rings is 1. The molecule has 1 N–H and O–H groups in total. The highest BCUT2D eigenvalue weighted by Gasteiger charge is 2.02. The molecule has 0 radical (unpaired) electrons. The SMILES string of the molecule is O=C(CCS)Nc1ccc(-n2cncn2)nc1. The summed E-state index contributed by atoms with van der Waals surface area (Å²) in [6.45, 7) is 0. The van der Waals surface area contributed by atoms with Gasteiger partial charge in [0.05, 0.1) is 11.9 Å². The van der Waals surface area contributed by atoms with Crippen molar-refractivity contribution in [2.45, 2.75) is 6.42 Å². The van der Waals surface area contributed by atoms with Crippen molar-refractivity contribution in [1.29, 1.82) is 0 Å². The molecule has 88 valence electrons. The summed E-state index contributed by atoms with van der Waals surface area (Å²) in [4.78, 5) is 19.3. The molecule has 2 aromatic heterocycles. The van der Waals surface area contributed by atoms with Crippen molar-refractivity contribution in [2.24, 2.45) is 0 Å². The number of rotatable bonds is 4. The molecule has 0 aliphatic heterocycles. The van der Waals surface area contributed by atoms with Gasteiger partial charge in [-0.25, -0.2) is 14.6 Å². The molecule has 6 nitrogen and oxygen atoms in total. The first-order valence-corrected chi connectivity index (χ1v) is 5.64. The van der Waals surface area contributed by atoms with Crippen LogP contribution in [0.15, 0.2) is 31.0 Å². The second-order valence-corrected chi connectivity index (χ2v) is 3.71. The lowest BCUT2D eigenvalue weighted by Crippen LogP contribution is -2.12. The monoisotopic (exact) mass is 249 g/mol. The van der Waals surface area contributed by atoms with Crippen molar-refractivity contribution < 1.29 is 4.79 Å². The third-order valence-electron chi connectivity index (χ3n) is 2.02. The molecule has 2 aromatic rings. The van der Waals surface area contributed by atoms with E-state index >= 15 is 0 Å². The van der Waals surface area contributed by atoms with Crippen LogP contribution in [0.2, 0.25) is 0 Å². The second kappa shape index (κ2) is 5.44. The molecule has 2 rings (SSSR count). The fourth-order valence-corrected chi connectivity index (χ4v) is 1.45. The molecular weight excluding hydrogens is 238 g/mol. The Balaban J connectivity index is 2.06. The van der Waals surface area contributed by atoms with E-state index in [2.05, 4.69) is 33.0 Å². The minimum absolute atomic E-state index is 0.0738. The summed E-state index contributed by atoms with van der Waals surface area (Å²) in [6, 6.07) is 3.52. The zero-order chi connectivity index (χ0) is 12.1. The Labute approximate surface area is 103 Å². The lowest BCUT2D eigenvalue weighted by atomic mass is 10.3. The Kier molecular flexibility index (Phi) is 3.71. The van der Waals surface area contributed by atoms with Crippen LogP contribution < -0.4 is 5.32 Å². The van der Waals surface area contributed by atoms with Gasteiger partial charge in [-0.05, 0) is 17.9 Å². The first-order chi connectivity index (χ1) is 8.29. The van der Waals surface area contributed by atoms with E-state index in [1.54, 1.807) is 29.3 Å². The normalized spacial score (nSPS) is 10.2. The van der Waals surface area contributed by atoms with Gasteiger partial charge in [-0.1, -0.05) is 0 Å². The highest BCUT2D eigenvalue weighted by molar-refractivity contribution is 7.80. The number of nitrogens with one attached hydrogen (secondary N) is 1. The maximum Gasteiger partial charge on any atom is 0.225 e. The van der Waals surface area contributed by atoms with Crippen LogP contribution in [0, 0.1) is 0 Å². The molecular formula is C10H11N5OS. The summed E-state index contributed by atoms with van der Waals surface area (Å²) in [5.41, 5.74) is 0.653. The van der Waals surface area contributed by atoms with Gasteiger partial charge in [-0.3, -0.25) is 4.79 Å². The molecule has 0 fully saturated rings. The van der Waals surface area contributed by atoms with Gasteiger partial charge in [-0.2, -0.15) is 17.7 Å². The lowest BCUT2D eigenvalue weighted by Gasteiger charge is -2.04. The van der Waals surface area contributed by atoms with Gasteiger partial charge in [0.25, 0.3) is 0 Å². The Hall–Kier alpha value is -1.89. The van der Waals surface area contributed by atoms with Crippen molar-refractivity contribution in [3.05, 3.63) is 31.0 Å². The molecule has 0 saturated carbocycles. The predicted octanol–water partition coefficient (Wildman–Crippen LogP) is 0.921. The molecule has 0 spiro atoms. The fourth-order valence-electron chi connectivity index (χ4n) is 1.25. The number of amides is 1. The van der Waals surface area contributed by atoms with Crippen molar-refractivity contribution >= 4 is 24.2 Å². The highest BCUT2D eigenvalue weighted by Crippen LogP contribution is 2.08. The van der Waals surface area contributed by atoms with Crippen LogP contribution in [-0.2, 0) is 4.79 Å². The molecule has 0 bridgehead atoms. The Bertz CT molecular complexity index is 482. The van der Waals surface area contributed by atoms with Crippen LogP contribution >= 0.6 is 12.6 Å². The predicted molar refractivity (Wildman–Crippen MR) is 66.3 cm³/mol. The number of carbonyl (C=O) groups excluding carboxylic acids is 1. The van der Waals surface area contributed by atoms with E-state index in [0.29, 0.717) is 23.7 Å². The van der Waals surface area contributed by atoms with Crippen molar-refractivity contribution in [2.75, 3.05) is 11.1 Å². The van der Waals surface area contributed by atoms with Crippen molar-refractivity contribution in [3.63, 3.8) is 0 Å². The average molecular weight is 249 g/mol. The van der Waals surface area contributed by atoms with Crippen LogP contribution in [0.3, 0.4) is 0 Å². The number of anilines is 1. The Morgan fingerprint density at radius 3 is 2.94 bits per heavy atom. The number of aromatic nitrogens is 4. The van der Waals surface area contributed by atoms with Crippen LogP contribution in [0.1, 0.15) is 6.42 Å². The van der Waals surface area contributed by atoms with Gasteiger partial charge < -0.3 is 5.32 Å². The number of hydrogen-bond acceptors (Lipinski definition) is 5. The van der Waals surface area contributed by atoms with E-state index in [0.717, 1.165) is 0 Å². The summed E-state index contributed by atoms with van der Waals surface area (Å²) in [5.74, 6) is 1.10. The molecule has 17 heavy (non-hydrogen) atoms. The summed E-state index contributed by atoms with van der Waals surface area (Å²) >= 11 is 3.99. The highest BCUT2D eigenvalue weighted by atomic mass is 32.1. The number of thiol groups is 1. The molecule has 0 saturated heterocycles. The molecule has 0 atom stereocenters. The fraction of sp³-hybridized carbons (Fsp3) is 0.200. The minimum Gasteiger partial charge on any atom is -0.325 e. The van der Waals surface area contributed by atoms with Crippen LogP contribution in [0.25, 0.3) is 5.82 Å². The maximum atomic E-state index is 11.3. The molecule has 0 unspecified atom stereocenters. The van der Waals surface area contributed by atoms with Gasteiger partial charge in [0.1, 0.15) is 12.7 Å². The zero-order valence-corrected chi connectivity index (χ0v) is 9.84. The largest absolute Gasteiger partial charge is 0.325 e. The van der Waals surface area contributed by atoms with Crippen molar-refractivity contribution in [3.8, 4) is 5.82 Å². The first kappa shape index (κ1) is 11.6. The van der Waals surface area contributed by atoms with E-state index in [9.17, 15) is 4.79 Å². The summed E-state index contributed by atoms with van der Waals surface area (Å²) < 4.78 is 1.54. The smallest absolute Gasteiger partial charge is 0.225 e. The molecule has 0 aliphatic carbocycles. The van der Waals surface area contributed by atoms with E-state index in [-0.39, 0.29) is 5.91 Å². The zero-order valence-electron chi connectivity index (χ0n) is 8.95. The maximum absolute atomic E-state index is 11.3. The minimum atomic E-state index is -0.0738. The van der Waals surface area contributed by atoms with Crippen molar-refractivity contribution in [1.82, 2.24) is 19.7 Å². The number of hydrogen-bond donors (Lipinski definition) is 2. The van der Waals surface area contributed by atoms with Gasteiger partial charge in [0.15, 0.2) is 5.82 Å². The first-order valence-electron chi connectivity index (χ1n) is 5.01. The second-order valence-electron chi connectivity index (χ2n) is 3.27. The standard InChI is InChI=1S/C10H11N5OS/c16-10(3-4-17)14-8-1-2-9(12-5-8)15-7-11-6-13-15/h1-2,5-7,17H,3-4H2,(H,14,16). The van der Waals surface area contributed by atoms with Gasteiger partial charge in [0, 0.05) is 6.42 Å². The third-order valence-corrected chi connectivity index (χ3v) is 2.25. The van der Waals surface area contributed by atoms with E-state index in [4.69, 9.17) is 0 Å². The topological polar surface area (TPSA) is 72.7 Å². The van der Waals surface area contributed by atoms with E-state index in [1.807, 2.05) is 0 Å². The summed E-state index contributed by atoms with van der Waals surface area (Å²) in [5, 5.41) is 6.67. The Morgan fingerprint density at radius 2 is 2.35 bits per heavy atom. The molecule has 0 aliphatic rings. The number of carbonyl (C=O) groups is 1. The van der Waals surface area contributed by atoms with Gasteiger partial charge in [-0.15, -0.1) is 0 Å². The Morgan fingerprint density at radius 1 is 1.47 bits per heavy atom. The number of nitrogens with zero attached hydrogens (tertiary/aromatic N) is 4. The molecule has 7 heteroatoms. The van der Waals surface area contributed by atoms with E-state index in [1.165, 1.54) is 6.33 Å². The molecule has 2 heterocycles. The van der Waals surface area contributed by atoms with Crippen LogP contribution in [0.5, 0.6) is 0 Å². The third kappa shape index (κ3) is 3.04. The summed E-state index contributed by atoms with van der Waals surface area (Å²) in [6.07, 6.45) is 4.95. The summed E-state index contributed by atoms with van der Waals surface area (Å²) in [7, 11) is 0. The van der Waals surface area contributed by atoms with Gasteiger partial charge in [0.2, 0.25) is 5.91 Å².